The molecule has 1 aliphatic heterocycles. The lowest BCUT2D eigenvalue weighted by Crippen LogP contribution is -2.31. The van der Waals surface area contributed by atoms with Gasteiger partial charge in [0.25, 0.3) is 5.91 Å². The van der Waals surface area contributed by atoms with Crippen LogP contribution < -0.4 is 15.4 Å². The van der Waals surface area contributed by atoms with E-state index in [1.165, 1.54) is 0 Å². The van der Waals surface area contributed by atoms with Gasteiger partial charge in [-0.25, -0.2) is 9.97 Å². The summed E-state index contributed by atoms with van der Waals surface area (Å²) in [6.45, 7) is 3.03. The molecule has 0 aliphatic carbocycles. The van der Waals surface area contributed by atoms with Crippen molar-refractivity contribution in [3.63, 3.8) is 0 Å². The summed E-state index contributed by atoms with van der Waals surface area (Å²) in [5, 5.41) is 7.06. The fraction of sp³-hybridized carbons (Fsp3) is 0.304. The van der Waals surface area contributed by atoms with E-state index in [4.69, 9.17) is 4.74 Å². The van der Waals surface area contributed by atoms with Crippen molar-refractivity contribution in [2.75, 3.05) is 30.8 Å². The molecule has 0 bridgehead atoms. The second kappa shape index (κ2) is 8.99. The summed E-state index contributed by atoms with van der Waals surface area (Å²) in [7, 11) is 1.63. The normalized spacial score (nSPS) is 15.7. The second-order valence-electron chi connectivity index (χ2n) is 7.48. The molecule has 8 nitrogen and oxygen atoms in total. The van der Waals surface area contributed by atoms with Gasteiger partial charge in [-0.1, -0.05) is 6.92 Å². The third kappa shape index (κ3) is 4.74. The van der Waals surface area contributed by atoms with Crippen LogP contribution in [0, 0.1) is 0 Å². The average Bonchev–Trinajstić information content (AvgIpc) is 3.27. The van der Waals surface area contributed by atoms with Gasteiger partial charge in [0.2, 0.25) is 11.9 Å². The van der Waals surface area contributed by atoms with E-state index in [1.807, 2.05) is 23.1 Å². The molecular formula is C23H25N5O3. The highest BCUT2D eigenvalue weighted by atomic mass is 16.5. The van der Waals surface area contributed by atoms with Gasteiger partial charge in [0.1, 0.15) is 5.75 Å². The van der Waals surface area contributed by atoms with E-state index in [2.05, 4.69) is 20.6 Å². The monoisotopic (exact) mass is 419 g/mol. The topological polar surface area (TPSA) is 96.5 Å². The van der Waals surface area contributed by atoms with Crippen molar-refractivity contribution in [2.45, 2.75) is 25.8 Å². The highest BCUT2D eigenvalue weighted by molar-refractivity contribution is 5.96. The van der Waals surface area contributed by atoms with Crippen molar-refractivity contribution in [1.82, 2.24) is 14.9 Å². The molecule has 160 valence electrons. The van der Waals surface area contributed by atoms with Crippen LogP contribution in [0.1, 0.15) is 30.1 Å². The standard InChI is InChI=1S/C23H25N5O3/c1-3-21(29)25-17-7-4-15(5-8-17)22(30)28-11-10-18(14-28)26-23-24-13-16-6-9-19(31-2)12-20(16)27-23/h4-9,12-13,18H,3,10-11,14H2,1-2H3,(H,25,29)(H,24,26,27). The summed E-state index contributed by atoms with van der Waals surface area (Å²) < 4.78 is 5.26. The van der Waals surface area contributed by atoms with Crippen LogP contribution in [0.5, 0.6) is 5.75 Å². The maximum absolute atomic E-state index is 12.8. The number of carbonyl (C=O) groups is 2. The number of likely N-dealkylation sites (tertiary alicyclic amines) is 1. The highest BCUT2D eigenvalue weighted by Gasteiger charge is 2.27. The van der Waals surface area contributed by atoms with Gasteiger partial charge in [0.15, 0.2) is 0 Å². The first-order valence-electron chi connectivity index (χ1n) is 10.3. The summed E-state index contributed by atoms with van der Waals surface area (Å²) in [5.74, 6) is 1.20. The third-order valence-electron chi connectivity index (χ3n) is 5.34. The lowest BCUT2D eigenvalue weighted by molar-refractivity contribution is -0.115. The van der Waals surface area contributed by atoms with Gasteiger partial charge in [0.05, 0.1) is 12.6 Å². The molecular weight excluding hydrogens is 394 g/mol. The largest absolute Gasteiger partial charge is 0.497 e. The molecule has 4 rings (SSSR count). The Bertz CT molecular complexity index is 1100. The first-order valence-corrected chi connectivity index (χ1v) is 10.3. The molecule has 0 spiro atoms. The number of methoxy groups -OCH3 is 1. The zero-order valence-electron chi connectivity index (χ0n) is 17.6. The number of aromatic nitrogens is 2. The first-order chi connectivity index (χ1) is 15.1. The van der Waals surface area contributed by atoms with Crippen LogP contribution in [0.2, 0.25) is 0 Å². The van der Waals surface area contributed by atoms with Crippen molar-refractivity contribution >= 4 is 34.4 Å². The van der Waals surface area contributed by atoms with Crippen molar-refractivity contribution in [3.05, 3.63) is 54.2 Å². The van der Waals surface area contributed by atoms with E-state index in [0.29, 0.717) is 36.7 Å². The molecule has 2 heterocycles. The molecule has 1 unspecified atom stereocenters. The van der Waals surface area contributed by atoms with Crippen molar-refractivity contribution in [2.24, 2.45) is 0 Å². The minimum Gasteiger partial charge on any atom is -0.497 e. The van der Waals surface area contributed by atoms with Crippen LogP contribution in [0.15, 0.2) is 48.7 Å². The Morgan fingerprint density at radius 1 is 1.19 bits per heavy atom. The number of carbonyl (C=O) groups excluding carboxylic acids is 2. The summed E-state index contributed by atoms with van der Waals surface area (Å²) >= 11 is 0. The molecule has 3 aromatic rings. The average molecular weight is 419 g/mol. The van der Waals surface area contributed by atoms with Crippen molar-refractivity contribution in [3.8, 4) is 5.75 Å². The molecule has 0 saturated carbocycles. The number of amides is 2. The van der Waals surface area contributed by atoms with Crippen LogP contribution >= 0.6 is 0 Å². The summed E-state index contributed by atoms with van der Waals surface area (Å²) in [6.07, 6.45) is 3.01. The molecule has 1 atom stereocenters. The Morgan fingerprint density at radius 2 is 2.00 bits per heavy atom. The number of anilines is 2. The van der Waals surface area contributed by atoms with Gasteiger partial charge in [-0.05, 0) is 42.8 Å². The minimum atomic E-state index is -0.0538. The highest BCUT2D eigenvalue weighted by Crippen LogP contribution is 2.21. The Labute approximate surface area is 180 Å². The molecule has 1 saturated heterocycles. The van der Waals surface area contributed by atoms with E-state index in [0.717, 1.165) is 23.1 Å². The zero-order valence-corrected chi connectivity index (χ0v) is 17.6. The summed E-state index contributed by atoms with van der Waals surface area (Å²) in [5.41, 5.74) is 2.09. The Kier molecular flexibility index (Phi) is 5.97. The molecule has 1 aromatic heterocycles. The molecule has 2 amide bonds. The van der Waals surface area contributed by atoms with Crippen LogP contribution in [0.3, 0.4) is 0 Å². The predicted octanol–water partition coefficient (Wildman–Crippen LogP) is 3.31. The maximum atomic E-state index is 12.8. The Balaban J connectivity index is 1.38. The van der Waals surface area contributed by atoms with E-state index in [1.54, 1.807) is 44.5 Å². The maximum Gasteiger partial charge on any atom is 0.253 e. The fourth-order valence-electron chi connectivity index (χ4n) is 3.57. The second-order valence-corrected chi connectivity index (χ2v) is 7.48. The zero-order chi connectivity index (χ0) is 21.8. The number of fused-ring (bicyclic) bond motifs is 1. The van der Waals surface area contributed by atoms with Crippen LogP contribution in [-0.2, 0) is 4.79 Å². The number of rotatable bonds is 6. The number of nitrogens with zero attached hydrogens (tertiary/aromatic N) is 3. The molecule has 1 aliphatic rings. The van der Waals surface area contributed by atoms with Gasteiger partial charge in [0, 0.05) is 54.5 Å². The lowest BCUT2D eigenvalue weighted by atomic mass is 10.2. The quantitative estimate of drug-likeness (QED) is 0.636. The Hall–Kier alpha value is -3.68. The van der Waals surface area contributed by atoms with Crippen LogP contribution in [0.25, 0.3) is 10.9 Å². The lowest BCUT2D eigenvalue weighted by Gasteiger charge is -2.17. The first kappa shape index (κ1) is 20.6. The molecule has 31 heavy (non-hydrogen) atoms. The van der Waals surface area contributed by atoms with Gasteiger partial charge < -0.3 is 20.3 Å². The van der Waals surface area contributed by atoms with Gasteiger partial charge in [-0.15, -0.1) is 0 Å². The predicted molar refractivity (Wildman–Crippen MR) is 119 cm³/mol. The minimum absolute atomic E-state index is 0.0261. The number of benzene rings is 2. The molecule has 2 aromatic carbocycles. The smallest absolute Gasteiger partial charge is 0.253 e. The van der Waals surface area contributed by atoms with Crippen LogP contribution in [-0.4, -0.2) is 52.9 Å². The number of hydrogen-bond acceptors (Lipinski definition) is 6. The number of hydrogen-bond donors (Lipinski definition) is 2. The van der Waals surface area contributed by atoms with Crippen LogP contribution in [0.4, 0.5) is 11.6 Å². The van der Waals surface area contributed by atoms with Gasteiger partial charge >= 0.3 is 0 Å². The molecule has 1 fully saturated rings. The molecule has 2 N–H and O–H groups in total. The third-order valence-corrected chi connectivity index (χ3v) is 5.34. The van der Waals surface area contributed by atoms with E-state index >= 15 is 0 Å². The van der Waals surface area contributed by atoms with Gasteiger partial charge in [-0.3, -0.25) is 9.59 Å². The van der Waals surface area contributed by atoms with Gasteiger partial charge in [-0.2, -0.15) is 0 Å². The van der Waals surface area contributed by atoms with Crippen molar-refractivity contribution in [1.29, 1.82) is 0 Å². The molecule has 8 heteroatoms. The number of ether oxygens (including phenoxy) is 1. The van der Waals surface area contributed by atoms with E-state index in [-0.39, 0.29) is 17.9 Å². The molecule has 0 radical (unpaired) electrons. The SMILES string of the molecule is CCC(=O)Nc1ccc(C(=O)N2CCC(Nc3ncc4ccc(OC)cc4n3)C2)cc1. The van der Waals surface area contributed by atoms with E-state index < -0.39 is 0 Å². The number of nitrogens with one attached hydrogen (secondary N) is 2. The Morgan fingerprint density at radius 3 is 2.74 bits per heavy atom. The van der Waals surface area contributed by atoms with E-state index in [9.17, 15) is 9.59 Å². The fourth-order valence-corrected chi connectivity index (χ4v) is 3.57. The summed E-state index contributed by atoms with van der Waals surface area (Å²) in [4.78, 5) is 35.1. The summed E-state index contributed by atoms with van der Waals surface area (Å²) in [6, 6.07) is 12.8. The van der Waals surface area contributed by atoms with Crippen molar-refractivity contribution < 1.29 is 14.3 Å².